The summed E-state index contributed by atoms with van der Waals surface area (Å²) in [5.41, 5.74) is 3.11. The fraction of sp³-hybridized carbons (Fsp3) is 0.0870. The molecule has 0 aliphatic rings. The molecule has 0 unspecified atom stereocenters. The summed E-state index contributed by atoms with van der Waals surface area (Å²) in [7, 11) is 3.24. The Bertz CT molecular complexity index is 908. The highest BCUT2D eigenvalue weighted by molar-refractivity contribution is 5.88. The molecule has 0 aromatic heterocycles. The lowest BCUT2D eigenvalue weighted by Gasteiger charge is -2.04. The molecule has 0 aliphatic carbocycles. The van der Waals surface area contributed by atoms with Gasteiger partial charge in [0.05, 0.1) is 14.2 Å². The van der Waals surface area contributed by atoms with E-state index in [1.165, 1.54) is 6.08 Å². The highest BCUT2D eigenvalue weighted by Gasteiger charge is 2.02. The monoisotopic (exact) mass is 360 g/mol. The number of carbonyl (C=O) groups is 1. The second kappa shape index (κ2) is 8.72. The van der Waals surface area contributed by atoms with Gasteiger partial charge in [-0.05, 0) is 59.2 Å². The van der Waals surface area contributed by atoms with Gasteiger partial charge in [0.25, 0.3) is 0 Å². The quantitative estimate of drug-likeness (QED) is 0.353. The van der Waals surface area contributed by atoms with E-state index in [-0.39, 0.29) is 0 Å². The Hall–Kier alpha value is -3.53. The first-order valence-electron chi connectivity index (χ1n) is 8.46. The van der Waals surface area contributed by atoms with Gasteiger partial charge in [0, 0.05) is 6.08 Å². The van der Waals surface area contributed by atoms with E-state index in [1.54, 1.807) is 44.6 Å². The third-order valence-corrected chi connectivity index (χ3v) is 4.02. The zero-order valence-electron chi connectivity index (χ0n) is 15.2. The van der Waals surface area contributed by atoms with Crippen LogP contribution in [0.1, 0.15) is 5.56 Å². The van der Waals surface area contributed by atoms with Crippen LogP contribution in [-0.4, -0.2) is 20.2 Å². The largest absolute Gasteiger partial charge is 0.497 e. The molecule has 3 aromatic carbocycles. The molecule has 0 spiro atoms. The van der Waals surface area contributed by atoms with Gasteiger partial charge in [-0.2, -0.15) is 0 Å². The van der Waals surface area contributed by atoms with Crippen molar-refractivity contribution in [2.45, 2.75) is 0 Å². The van der Waals surface area contributed by atoms with Crippen LogP contribution in [0.3, 0.4) is 0 Å². The van der Waals surface area contributed by atoms with Crippen molar-refractivity contribution in [2.24, 2.45) is 0 Å². The molecule has 4 heteroatoms. The number of rotatable bonds is 6. The van der Waals surface area contributed by atoms with E-state index >= 15 is 0 Å². The molecular formula is C23H20O4. The van der Waals surface area contributed by atoms with Gasteiger partial charge in [0.1, 0.15) is 17.2 Å². The molecule has 0 N–H and O–H groups in total. The highest BCUT2D eigenvalue weighted by Crippen LogP contribution is 2.23. The first kappa shape index (κ1) is 18.3. The van der Waals surface area contributed by atoms with Crippen LogP contribution in [-0.2, 0) is 4.79 Å². The van der Waals surface area contributed by atoms with Crippen LogP contribution >= 0.6 is 0 Å². The van der Waals surface area contributed by atoms with Gasteiger partial charge < -0.3 is 14.2 Å². The van der Waals surface area contributed by atoms with E-state index in [0.29, 0.717) is 11.5 Å². The van der Waals surface area contributed by atoms with Gasteiger partial charge in [-0.25, -0.2) is 4.79 Å². The molecule has 27 heavy (non-hydrogen) atoms. The number of ether oxygens (including phenoxy) is 3. The molecule has 0 fully saturated rings. The van der Waals surface area contributed by atoms with Gasteiger partial charge in [0.2, 0.25) is 0 Å². The van der Waals surface area contributed by atoms with Crippen LogP contribution in [0.15, 0.2) is 78.9 Å². The molecule has 0 heterocycles. The fourth-order valence-corrected chi connectivity index (χ4v) is 2.53. The molecule has 0 bridgehead atoms. The molecule has 0 aliphatic heterocycles. The van der Waals surface area contributed by atoms with Crippen LogP contribution in [0.5, 0.6) is 17.2 Å². The second-order valence-corrected chi connectivity index (χ2v) is 5.78. The van der Waals surface area contributed by atoms with E-state index in [1.807, 2.05) is 48.5 Å². The van der Waals surface area contributed by atoms with Gasteiger partial charge >= 0.3 is 5.97 Å². The highest BCUT2D eigenvalue weighted by atomic mass is 16.5. The number of hydrogen-bond acceptors (Lipinski definition) is 4. The molecule has 3 aromatic rings. The number of benzene rings is 3. The van der Waals surface area contributed by atoms with Crippen molar-refractivity contribution in [1.82, 2.24) is 0 Å². The topological polar surface area (TPSA) is 44.8 Å². The summed E-state index contributed by atoms with van der Waals surface area (Å²) >= 11 is 0. The average Bonchev–Trinajstić information content (AvgIpc) is 2.73. The normalized spacial score (nSPS) is 10.6. The predicted octanol–water partition coefficient (Wildman–Crippen LogP) is 4.99. The summed E-state index contributed by atoms with van der Waals surface area (Å²) in [4.78, 5) is 11.9. The van der Waals surface area contributed by atoms with E-state index in [2.05, 4.69) is 0 Å². The van der Waals surface area contributed by atoms with Crippen molar-refractivity contribution in [2.75, 3.05) is 14.2 Å². The molecule has 0 radical (unpaired) electrons. The smallest absolute Gasteiger partial charge is 0.336 e. The van der Waals surface area contributed by atoms with Crippen molar-refractivity contribution in [3.63, 3.8) is 0 Å². The van der Waals surface area contributed by atoms with E-state index in [9.17, 15) is 4.79 Å². The van der Waals surface area contributed by atoms with Gasteiger partial charge in [-0.15, -0.1) is 0 Å². The molecular weight excluding hydrogens is 340 g/mol. The zero-order chi connectivity index (χ0) is 19.1. The summed E-state index contributed by atoms with van der Waals surface area (Å²) in [6, 6.07) is 22.7. The lowest BCUT2D eigenvalue weighted by atomic mass is 10.0. The molecule has 3 rings (SSSR count). The standard InChI is InChI=1S/C23H20O4/c1-25-20-10-8-19(9-11-20)18-6-3-17(4-7-18)5-16-23(24)27-22-14-12-21(26-2)13-15-22/h3-16H,1-2H3/b16-5-. The number of methoxy groups -OCH3 is 2. The zero-order valence-corrected chi connectivity index (χ0v) is 15.2. The number of hydrogen-bond donors (Lipinski definition) is 0. The van der Waals surface area contributed by atoms with Crippen LogP contribution in [0, 0.1) is 0 Å². The van der Waals surface area contributed by atoms with E-state index in [4.69, 9.17) is 14.2 Å². The average molecular weight is 360 g/mol. The third kappa shape index (κ3) is 4.98. The molecule has 136 valence electrons. The van der Waals surface area contributed by atoms with Crippen molar-refractivity contribution < 1.29 is 19.0 Å². The minimum absolute atomic E-state index is 0.431. The lowest BCUT2D eigenvalue weighted by Crippen LogP contribution is -2.03. The van der Waals surface area contributed by atoms with Crippen LogP contribution < -0.4 is 14.2 Å². The maximum Gasteiger partial charge on any atom is 0.336 e. The van der Waals surface area contributed by atoms with Gasteiger partial charge in [0.15, 0.2) is 0 Å². The number of esters is 1. The first-order valence-corrected chi connectivity index (χ1v) is 8.46. The molecule has 0 saturated heterocycles. The first-order chi connectivity index (χ1) is 13.2. The minimum atomic E-state index is -0.431. The minimum Gasteiger partial charge on any atom is -0.497 e. The van der Waals surface area contributed by atoms with Crippen molar-refractivity contribution in [3.05, 3.63) is 84.4 Å². The summed E-state index contributed by atoms with van der Waals surface area (Å²) in [6.45, 7) is 0. The van der Waals surface area contributed by atoms with Crippen LogP contribution in [0.2, 0.25) is 0 Å². The van der Waals surface area contributed by atoms with E-state index in [0.717, 1.165) is 22.4 Å². The Morgan fingerprint density at radius 3 is 1.63 bits per heavy atom. The Morgan fingerprint density at radius 2 is 1.11 bits per heavy atom. The summed E-state index contributed by atoms with van der Waals surface area (Å²) in [5.74, 6) is 1.58. The Balaban J connectivity index is 1.61. The van der Waals surface area contributed by atoms with Gasteiger partial charge in [-0.3, -0.25) is 0 Å². The predicted molar refractivity (Wildman–Crippen MR) is 106 cm³/mol. The lowest BCUT2D eigenvalue weighted by molar-refractivity contribution is -0.128. The summed E-state index contributed by atoms with van der Waals surface area (Å²) in [6.07, 6.45) is 3.14. The molecule has 0 saturated carbocycles. The Kier molecular flexibility index (Phi) is 5.90. The summed E-state index contributed by atoms with van der Waals surface area (Å²) < 4.78 is 15.5. The summed E-state index contributed by atoms with van der Waals surface area (Å²) in [5, 5.41) is 0. The van der Waals surface area contributed by atoms with Crippen LogP contribution in [0.4, 0.5) is 0 Å². The molecule has 0 atom stereocenters. The maximum atomic E-state index is 11.9. The number of carbonyl (C=O) groups excluding carboxylic acids is 1. The van der Waals surface area contributed by atoms with Crippen molar-refractivity contribution in [3.8, 4) is 28.4 Å². The maximum absolute atomic E-state index is 11.9. The SMILES string of the molecule is COc1ccc(OC(=O)/C=C\c2ccc(-c3ccc(OC)cc3)cc2)cc1. The Morgan fingerprint density at radius 1 is 0.667 bits per heavy atom. The van der Waals surface area contributed by atoms with Crippen LogP contribution in [0.25, 0.3) is 17.2 Å². The van der Waals surface area contributed by atoms with Gasteiger partial charge in [-0.1, -0.05) is 36.4 Å². The fourth-order valence-electron chi connectivity index (χ4n) is 2.53. The van der Waals surface area contributed by atoms with Crippen molar-refractivity contribution in [1.29, 1.82) is 0 Å². The Labute approximate surface area is 158 Å². The molecule has 4 nitrogen and oxygen atoms in total. The third-order valence-electron chi connectivity index (χ3n) is 4.02. The van der Waals surface area contributed by atoms with E-state index < -0.39 is 5.97 Å². The van der Waals surface area contributed by atoms with Crippen molar-refractivity contribution >= 4 is 12.0 Å². The second-order valence-electron chi connectivity index (χ2n) is 5.78. The molecule has 0 amide bonds.